The monoisotopic (exact) mass is 558 g/mol. The summed E-state index contributed by atoms with van der Waals surface area (Å²) in [6, 6.07) is 14.5. The number of carbonyl (C=O) groups is 2. The van der Waals surface area contributed by atoms with Gasteiger partial charge in [0, 0.05) is 43.4 Å². The Labute approximate surface area is 230 Å². The Kier molecular flexibility index (Phi) is 9.13. The normalized spacial score (nSPS) is 14.4. The van der Waals surface area contributed by atoms with Crippen molar-refractivity contribution < 1.29 is 9.59 Å². The van der Waals surface area contributed by atoms with Crippen LogP contribution in [-0.4, -0.2) is 63.4 Å². The fourth-order valence-electron chi connectivity index (χ4n) is 4.11. The number of aromatic nitrogens is 3. The molecule has 1 fully saturated rings. The maximum Gasteiger partial charge on any atom is 0.253 e. The van der Waals surface area contributed by atoms with Crippen LogP contribution in [0.4, 0.5) is 5.69 Å². The second-order valence-corrected chi connectivity index (χ2v) is 10.3. The lowest BCUT2D eigenvalue weighted by molar-refractivity contribution is -0.128. The highest BCUT2D eigenvalue weighted by Crippen LogP contribution is 2.24. The SMILES string of the molecule is C=CCn1c(SCC(=O)N2CCN(c3ccccc3)CC2)nnc1[C@H](C)NC(=O)c1ccc(Cl)cc1Cl. The summed E-state index contributed by atoms with van der Waals surface area (Å²) in [7, 11) is 0. The molecule has 1 atom stereocenters. The molecule has 194 valence electrons. The first-order chi connectivity index (χ1) is 17.9. The van der Waals surface area contributed by atoms with Gasteiger partial charge in [0.1, 0.15) is 0 Å². The highest BCUT2D eigenvalue weighted by Gasteiger charge is 2.24. The number of hydrogen-bond acceptors (Lipinski definition) is 6. The molecular formula is C26H28Cl2N6O2S. The average Bonchev–Trinajstić information content (AvgIpc) is 3.30. The standard InChI is InChI=1S/C26H28Cl2N6O2S/c1-3-11-34-24(18(2)29-25(36)21-10-9-19(27)16-22(21)28)30-31-26(34)37-17-23(35)33-14-12-32(13-15-33)20-7-5-4-6-8-20/h3-10,16,18H,1,11-15,17H2,2H3,(H,29,36)/t18-/m0/s1. The van der Waals surface area contributed by atoms with Crippen molar-refractivity contribution in [3.8, 4) is 0 Å². The molecule has 0 radical (unpaired) electrons. The van der Waals surface area contributed by atoms with Gasteiger partial charge < -0.3 is 19.7 Å². The van der Waals surface area contributed by atoms with Gasteiger partial charge in [-0.1, -0.05) is 59.2 Å². The number of benzene rings is 2. The first kappa shape index (κ1) is 27.0. The maximum absolute atomic E-state index is 12.9. The quantitative estimate of drug-likeness (QED) is 0.302. The molecule has 8 nitrogen and oxygen atoms in total. The largest absolute Gasteiger partial charge is 0.368 e. The summed E-state index contributed by atoms with van der Waals surface area (Å²) in [4.78, 5) is 29.9. The smallest absolute Gasteiger partial charge is 0.253 e. The number of nitrogens with one attached hydrogen (secondary N) is 1. The number of thioether (sulfide) groups is 1. The molecule has 2 heterocycles. The third-order valence-corrected chi connectivity index (χ3v) is 7.55. The summed E-state index contributed by atoms with van der Waals surface area (Å²) in [5, 5.41) is 12.8. The number of carbonyl (C=O) groups excluding carboxylic acids is 2. The van der Waals surface area contributed by atoms with Gasteiger partial charge in [-0.25, -0.2) is 0 Å². The van der Waals surface area contributed by atoms with Gasteiger partial charge in [-0.3, -0.25) is 9.59 Å². The summed E-state index contributed by atoms with van der Waals surface area (Å²) < 4.78 is 1.85. The van der Waals surface area contributed by atoms with Gasteiger partial charge in [-0.05, 0) is 37.3 Å². The number of rotatable bonds is 9. The lowest BCUT2D eigenvalue weighted by atomic mass is 10.2. The van der Waals surface area contributed by atoms with E-state index in [1.165, 1.54) is 23.5 Å². The van der Waals surface area contributed by atoms with Crippen molar-refractivity contribution in [1.29, 1.82) is 0 Å². The molecule has 37 heavy (non-hydrogen) atoms. The molecule has 3 aromatic rings. The molecular weight excluding hydrogens is 531 g/mol. The van der Waals surface area contributed by atoms with Crippen molar-refractivity contribution >= 4 is 52.5 Å². The van der Waals surface area contributed by atoms with Crippen molar-refractivity contribution in [2.75, 3.05) is 36.8 Å². The minimum absolute atomic E-state index is 0.0612. The van der Waals surface area contributed by atoms with Crippen LogP contribution in [0.3, 0.4) is 0 Å². The summed E-state index contributed by atoms with van der Waals surface area (Å²) in [6.07, 6.45) is 1.73. The Morgan fingerprint density at radius 2 is 1.84 bits per heavy atom. The van der Waals surface area contributed by atoms with Crippen LogP contribution in [0.25, 0.3) is 0 Å². The van der Waals surface area contributed by atoms with Crippen LogP contribution >= 0.6 is 35.0 Å². The minimum Gasteiger partial charge on any atom is -0.368 e. The first-order valence-corrected chi connectivity index (χ1v) is 13.6. The predicted octanol–water partition coefficient (Wildman–Crippen LogP) is 4.70. The van der Waals surface area contributed by atoms with Crippen LogP contribution < -0.4 is 10.2 Å². The average molecular weight is 560 g/mol. The Bertz CT molecular complexity index is 1260. The number of amides is 2. The van der Waals surface area contributed by atoms with Crippen LogP contribution in [0.1, 0.15) is 29.1 Å². The molecule has 1 saturated heterocycles. The number of piperazine rings is 1. The van der Waals surface area contributed by atoms with Crippen LogP contribution in [0.5, 0.6) is 0 Å². The van der Waals surface area contributed by atoms with Crippen LogP contribution in [0, 0.1) is 0 Å². The number of hydrogen-bond donors (Lipinski definition) is 1. The maximum atomic E-state index is 12.9. The fraction of sp³-hybridized carbons (Fsp3) is 0.308. The topological polar surface area (TPSA) is 83.4 Å². The van der Waals surface area contributed by atoms with E-state index in [0.717, 1.165) is 13.1 Å². The number of anilines is 1. The summed E-state index contributed by atoms with van der Waals surface area (Å²) >= 11 is 13.4. The van der Waals surface area contributed by atoms with Crippen molar-refractivity contribution in [2.24, 2.45) is 0 Å². The third-order valence-electron chi connectivity index (χ3n) is 6.05. The second kappa shape index (κ2) is 12.5. The molecule has 0 unspecified atom stereocenters. The van der Waals surface area contributed by atoms with Gasteiger partial charge in [-0.15, -0.1) is 16.8 Å². The fourth-order valence-corrected chi connectivity index (χ4v) is 5.46. The Morgan fingerprint density at radius 1 is 1.11 bits per heavy atom. The first-order valence-electron chi connectivity index (χ1n) is 11.9. The molecule has 0 saturated carbocycles. The zero-order valence-corrected chi connectivity index (χ0v) is 22.8. The predicted molar refractivity (Wildman–Crippen MR) is 149 cm³/mol. The lowest BCUT2D eigenvalue weighted by Gasteiger charge is -2.36. The summed E-state index contributed by atoms with van der Waals surface area (Å²) in [6.45, 7) is 9.03. The van der Waals surface area contributed by atoms with Gasteiger partial charge >= 0.3 is 0 Å². The van der Waals surface area contributed by atoms with E-state index in [2.05, 4.69) is 39.1 Å². The number of halogens is 2. The molecule has 2 amide bonds. The van der Waals surface area contributed by atoms with Crippen molar-refractivity contribution in [2.45, 2.75) is 24.7 Å². The number of para-hydroxylation sites is 1. The molecule has 0 bridgehead atoms. The van der Waals surface area contributed by atoms with Gasteiger partial charge in [-0.2, -0.15) is 0 Å². The van der Waals surface area contributed by atoms with Gasteiger partial charge in [0.05, 0.1) is 22.4 Å². The van der Waals surface area contributed by atoms with E-state index in [-0.39, 0.29) is 22.6 Å². The van der Waals surface area contributed by atoms with E-state index in [4.69, 9.17) is 23.2 Å². The van der Waals surface area contributed by atoms with Crippen molar-refractivity contribution in [3.05, 3.63) is 82.6 Å². The van der Waals surface area contributed by atoms with Crippen LogP contribution in [0.15, 0.2) is 66.3 Å². The van der Waals surface area contributed by atoms with Crippen LogP contribution in [-0.2, 0) is 11.3 Å². The number of allylic oxidation sites excluding steroid dienone is 1. The molecule has 4 rings (SSSR count). The van der Waals surface area contributed by atoms with Gasteiger partial charge in [0.25, 0.3) is 5.91 Å². The molecule has 11 heteroatoms. The van der Waals surface area contributed by atoms with E-state index < -0.39 is 6.04 Å². The molecule has 1 aliphatic rings. The van der Waals surface area contributed by atoms with E-state index in [9.17, 15) is 9.59 Å². The van der Waals surface area contributed by atoms with Crippen molar-refractivity contribution in [1.82, 2.24) is 25.0 Å². The molecule has 1 aliphatic heterocycles. The van der Waals surface area contributed by atoms with Gasteiger partial charge in [0.2, 0.25) is 5.91 Å². The van der Waals surface area contributed by atoms with Crippen LogP contribution in [0.2, 0.25) is 10.0 Å². The molecule has 2 aromatic carbocycles. The molecule has 1 aromatic heterocycles. The minimum atomic E-state index is -0.456. The van der Waals surface area contributed by atoms with Crippen molar-refractivity contribution in [3.63, 3.8) is 0 Å². The van der Waals surface area contributed by atoms with E-state index >= 15 is 0 Å². The summed E-state index contributed by atoms with van der Waals surface area (Å²) in [5.74, 6) is 0.527. The third kappa shape index (κ3) is 6.66. The Hall–Kier alpha value is -3.01. The Balaban J connectivity index is 1.36. The highest BCUT2D eigenvalue weighted by atomic mass is 35.5. The van der Waals surface area contributed by atoms with E-state index in [0.29, 0.717) is 41.2 Å². The second-order valence-electron chi connectivity index (χ2n) is 8.55. The number of nitrogens with zero attached hydrogens (tertiary/aromatic N) is 5. The summed E-state index contributed by atoms with van der Waals surface area (Å²) in [5.41, 5.74) is 1.49. The molecule has 0 spiro atoms. The highest BCUT2D eigenvalue weighted by molar-refractivity contribution is 7.99. The van der Waals surface area contributed by atoms with E-state index in [1.54, 1.807) is 18.2 Å². The van der Waals surface area contributed by atoms with E-state index in [1.807, 2.05) is 34.6 Å². The molecule has 0 aliphatic carbocycles. The lowest BCUT2D eigenvalue weighted by Crippen LogP contribution is -2.49. The zero-order chi connectivity index (χ0) is 26.4. The zero-order valence-electron chi connectivity index (χ0n) is 20.4. The van der Waals surface area contributed by atoms with Gasteiger partial charge in [0.15, 0.2) is 11.0 Å². The Morgan fingerprint density at radius 3 is 2.51 bits per heavy atom. The molecule has 1 N–H and O–H groups in total.